The summed E-state index contributed by atoms with van der Waals surface area (Å²) in [5.41, 5.74) is 0.855. The zero-order valence-corrected chi connectivity index (χ0v) is 10.2. The molecule has 1 aromatic rings. The van der Waals surface area contributed by atoms with Gasteiger partial charge in [-0.05, 0) is 25.0 Å². The van der Waals surface area contributed by atoms with Crippen LogP contribution in [0.1, 0.15) is 12.5 Å². The van der Waals surface area contributed by atoms with E-state index in [2.05, 4.69) is 10.8 Å². The standard InChI is InChI=1S/C11H14O5S/c1-3-6-10-7-4-5-8-11(10)15-9(2)16-17(12,13)14/h3-5,7-9H,1,6H2,2H3,(H,12,13,14). The molecule has 0 aromatic heterocycles. The molecule has 1 N–H and O–H groups in total. The third-order valence-corrected chi connectivity index (χ3v) is 2.40. The first-order valence-corrected chi connectivity index (χ1v) is 6.30. The lowest BCUT2D eigenvalue weighted by molar-refractivity contribution is 0.0182. The predicted molar refractivity (Wildman–Crippen MR) is 63.1 cm³/mol. The van der Waals surface area contributed by atoms with Gasteiger partial charge in [0.05, 0.1) is 0 Å². The highest BCUT2D eigenvalue weighted by atomic mass is 32.3. The van der Waals surface area contributed by atoms with Gasteiger partial charge in [0.1, 0.15) is 5.75 Å². The Hall–Kier alpha value is -1.37. The van der Waals surface area contributed by atoms with E-state index < -0.39 is 16.7 Å². The normalized spacial score (nSPS) is 13.1. The van der Waals surface area contributed by atoms with Crippen molar-refractivity contribution in [1.82, 2.24) is 0 Å². The van der Waals surface area contributed by atoms with E-state index in [1.54, 1.807) is 18.2 Å². The number of hydrogen-bond donors (Lipinski definition) is 1. The molecule has 1 rings (SSSR count). The van der Waals surface area contributed by atoms with Gasteiger partial charge in [0.15, 0.2) is 0 Å². The maximum Gasteiger partial charge on any atom is 0.400 e. The van der Waals surface area contributed by atoms with Crippen LogP contribution in [0, 0.1) is 0 Å². The lowest BCUT2D eigenvalue weighted by Gasteiger charge is -2.15. The first-order valence-electron chi connectivity index (χ1n) is 4.93. The smallest absolute Gasteiger partial charge is 0.400 e. The van der Waals surface area contributed by atoms with Crippen molar-refractivity contribution in [1.29, 1.82) is 0 Å². The van der Waals surface area contributed by atoms with Crippen LogP contribution in [0.5, 0.6) is 5.75 Å². The van der Waals surface area contributed by atoms with E-state index in [9.17, 15) is 8.42 Å². The fraction of sp³-hybridized carbons (Fsp3) is 0.273. The second-order valence-electron chi connectivity index (χ2n) is 3.31. The fourth-order valence-electron chi connectivity index (χ4n) is 1.31. The molecule has 6 heteroatoms. The van der Waals surface area contributed by atoms with Gasteiger partial charge in [-0.2, -0.15) is 8.42 Å². The van der Waals surface area contributed by atoms with E-state index in [-0.39, 0.29) is 0 Å². The maximum absolute atomic E-state index is 10.5. The van der Waals surface area contributed by atoms with E-state index in [0.29, 0.717) is 12.2 Å². The Morgan fingerprint density at radius 2 is 2.12 bits per heavy atom. The van der Waals surface area contributed by atoms with Gasteiger partial charge < -0.3 is 4.74 Å². The molecule has 0 amide bonds. The monoisotopic (exact) mass is 258 g/mol. The summed E-state index contributed by atoms with van der Waals surface area (Å²) in [7, 11) is -4.51. The van der Waals surface area contributed by atoms with Crippen LogP contribution >= 0.6 is 0 Å². The molecule has 0 saturated carbocycles. The molecule has 0 heterocycles. The number of ether oxygens (including phenoxy) is 1. The van der Waals surface area contributed by atoms with Gasteiger partial charge in [0.2, 0.25) is 6.29 Å². The van der Waals surface area contributed by atoms with Crippen LogP contribution in [0.25, 0.3) is 0 Å². The van der Waals surface area contributed by atoms with Crippen LogP contribution in [0.4, 0.5) is 0 Å². The van der Waals surface area contributed by atoms with Gasteiger partial charge in [-0.1, -0.05) is 24.3 Å². The first-order chi connectivity index (χ1) is 7.92. The topological polar surface area (TPSA) is 72.8 Å². The Bertz CT molecular complexity index is 480. The van der Waals surface area contributed by atoms with E-state index in [1.165, 1.54) is 6.92 Å². The quantitative estimate of drug-likeness (QED) is 0.479. The Balaban J connectivity index is 2.77. The minimum absolute atomic E-state index is 0.489. The van der Waals surface area contributed by atoms with E-state index in [4.69, 9.17) is 9.29 Å². The molecule has 0 bridgehead atoms. The van der Waals surface area contributed by atoms with Crippen LogP contribution in [0.3, 0.4) is 0 Å². The molecular formula is C11H14O5S. The second-order valence-corrected chi connectivity index (χ2v) is 4.36. The zero-order valence-electron chi connectivity index (χ0n) is 9.37. The van der Waals surface area contributed by atoms with Crippen molar-refractivity contribution in [3.8, 4) is 5.75 Å². The summed E-state index contributed by atoms with van der Waals surface area (Å²) in [5, 5.41) is 0. The van der Waals surface area contributed by atoms with Gasteiger partial charge in [-0.15, -0.1) is 6.58 Å². The minimum Gasteiger partial charge on any atom is -0.464 e. The lowest BCUT2D eigenvalue weighted by atomic mass is 10.1. The van der Waals surface area contributed by atoms with Crippen molar-refractivity contribution < 1.29 is 21.9 Å². The predicted octanol–water partition coefficient (Wildman–Crippen LogP) is 1.96. The molecule has 0 aliphatic rings. The van der Waals surface area contributed by atoms with Crippen molar-refractivity contribution in [2.45, 2.75) is 19.6 Å². The zero-order chi connectivity index (χ0) is 12.9. The highest BCUT2D eigenvalue weighted by Gasteiger charge is 2.14. The van der Waals surface area contributed by atoms with Crippen molar-refractivity contribution in [3.05, 3.63) is 42.5 Å². The van der Waals surface area contributed by atoms with Crippen molar-refractivity contribution in [2.24, 2.45) is 0 Å². The molecule has 0 fully saturated rings. The van der Waals surface area contributed by atoms with Crippen molar-refractivity contribution in [2.75, 3.05) is 0 Å². The average molecular weight is 258 g/mol. The third-order valence-electron chi connectivity index (χ3n) is 1.89. The van der Waals surface area contributed by atoms with Crippen molar-refractivity contribution in [3.63, 3.8) is 0 Å². The molecule has 0 aliphatic carbocycles. The molecule has 17 heavy (non-hydrogen) atoms. The third kappa shape index (κ3) is 4.99. The lowest BCUT2D eigenvalue weighted by Crippen LogP contribution is -2.21. The summed E-state index contributed by atoms with van der Waals surface area (Å²) in [5.74, 6) is 0.489. The van der Waals surface area contributed by atoms with Gasteiger partial charge in [0.25, 0.3) is 0 Å². The van der Waals surface area contributed by atoms with Gasteiger partial charge in [-0.25, -0.2) is 4.18 Å². The van der Waals surface area contributed by atoms with Gasteiger partial charge >= 0.3 is 10.4 Å². The molecule has 5 nitrogen and oxygen atoms in total. The molecule has 1 aromatic carbocycles. The van der Waals surface area contributed by atoms with E-state index in [1.807, 2.05) is 12.1 Å². The molecule has 0 radical (unpaired) electrons. The van der Waals surface area contributed by atoms with E-state index in [0.717, 1.165) is 5.56 Å². The Morgan fingerprint density at radius 1 is 1.47 bits per heavy atom. The second kappa shape index (κ2) is 5.81. The Labute approximate surface area is 101 Å². The fourth-order valence-corrected chi connectivity index (χ4v) is 1.69. The molecule has 0 spiro atoms. The van der Waals surface area contributed by atoms with Gasteiger partial charge in [-0.3, -0.25) is 4.55 Å². The Kier molecular flexibility index (Phi) is 4.68. The number of rotatable bonds is 6. The number of para-hydroxylation sites is 1. The molecule has 1 unspecified atom stereocenters. The maximum atomic E-state index is 10.5. The SMILES string of the molecule is C=CCc1ccccc1OC(C)OS(=O)(=O)O. The van der Waals surface area contributed by atoms with Crippen LogP contribution in [0.2, 0.25) is 0 Å². The Morgan fingerprint density at radius 3 is 2.71 bits per heavy atom. The minimum atomic E-state index is -4.51. The molecule has 0 aliphatic heterocycles. The molecule has 94 valence electrons. The first kappa shape index (κ1) is 13.7. The number of allylic oxidation sites excluding steroid dienone is 1. The summed E-state index contributed by atoms with van der Waals surface area (Å²) in [4.78, 5) is 0. The number of hydrogen-bond acceptors (Lipinski definition) is 4. The molecular weight excluding hydrogens is 244 g/mol. The summed E-state index contributed by atoms with van der Waals surface area (Å²) in [6, 6.07) is 7.10. The summed E-state index contributed by atoms with van der Waals surface area (Å²) < 4.78 is 39.0. The summed E-state index contributed by atoms with van der Waals surface area (Å²) >= 11 is 0. The van der Waals surface area contributed by atoms with Gasteiger partial charge in [0, 0.05) is 0 Å². The van der Waals surface area contributed by atoms with Crippen LogP contribution < -0.4 is 4.74 Å². The molecule has 0 saturated heterocycles. The van der Waals surface area contributed by atoms with E-state index >= 15 is 0 Å². The van der Waals surface area contributed by atoms with Crippen molar-refractivity contribution >= 4 is 10.4 Å². The van der Waals surface area contributed by atoms with Crippen LogP contribution in [-0.2, 0) is 21.0 Å². The number of benzene rings is 1. The highest BCUT2D eigenvalue weighted by molar-refractivity contribution is 7.80. The van der Waals surface area contributed by atoms with Crippen LogP contribution in [0.15, 0.2) is 36.9 Å². The average Bonchev–Trinajstić information content (AvgIpc) is 2.18. The summed E-state index contributed by atoms with van der Waals surface area (Å²) in [6.07, 6.45) is 1.20. The largest absolute Gasteiger partial charge is 0.464 e. The molecule has 1 atom stereocenters. The highest BCUT2D eigenvalue weighted by Crippen LogP contribution is 2.20. The van der Waals surface area contributed by atoms with Crippen LogP contribution in [-0.4, -0.2) is 19.3 Å². The summed E-state index contributed by atoms with van der Waals surface area (Å²) in [6.45, 7) is 4.99.